The van der Waals surface area contributed by atoms with Crippen LogP contribution in [0.15, 0.2) is 30.6 Å². The fourth-order valence-electron chi connectivity index (χ4n) is 3.71. The summed E-state index contributed by atoms with van der Waals surface area (Å²) in [6.07, 6.45) is 4.44. The summed E-state index contributed by atoms with van der Waals surface area (Å²) in [7, 11) is 0. The molecule has 0 spiro atoms. The van der Waals surface area contributed by atoms with Crippen molar-refractivity contribution < 1.29 is 43.0 Å². The Balaban J connectivity index is 1.56. The molecule has 1 aliphatic heterocycles. The molecule has 1 unspecified atom stereocenters. The first-order valence-electron chi connectivity index (χ1n) is 11.0. The summed E-state index contributed by atoms with van der Waals surface area (Å²) < 4.78 is 45.5. The molecule has 6 nitrogen and oxygen atoms in total. The summed E-state index contributed by atoms with van der Waals surface area (Å²) in [6.45, 7) is 2.74. The molecule has 180 valence electrons. The van der Waals surface area contributed by atoms with Crippen LogP contribution in [0.25, 0.3) is 4.36 Å². The summed E-state index contributed by atoms with van der Waals surface area (Å²) >= 11 is 3.55. The second-order valence-corrected chi connectivity index (χ2v) is 10.9. The van der Waals surface area contributed by atoms with E-state index in [1.54, 1.807) is 22.0 Å². The van der Waals surface area contributed by atoms with Crippen molar-refractivity contribution in [2.45, 2.75) is 44.4 Å². The molecule has 4 rings (SSSR count). The summed E-state index contributed by atoms with van der Waals surface area (Å²) in [5.41, 5.74) is 2.06. The molecule has 1 aliphatic carbocycles. The van der Waals surface area contributed by atoms with Crippen LogP contribution >= 0.6 is 0 Å². The average Bonchev–Trinajstić information content (AvgIpc) is 3.60. The maximum absolute atomic E-state index is 14.6. The van der Waals surface area contributed by atoms with Gasteiger partial charge in [-0.3, -0.25) is 0 Å². The molecule has 2 radical (unpaired) electrons. The number of nitrogens with zero attached hydrogens (tertiary/aromatic N) is 2. The number of hydrogen-bond acceptors (Lipinski definition) is 5. The number of nitrogens with one attached hydrogen (secondary N) is 3. The number of benzene rings is 1. The molecule has 1 amide bonds. The van der Waals surface area contributed by atoms with Gasteiger partial charge in [-0.2, -0.15) is 0 Å². The second kappa shape index (κ2) is 11.0. The van der Waals surface area contributed by atoms with Gasteiger partial charge in [0.2, 0.25) is 0 Å². The summed E-state index contributed by atoms with van der Waals surface area (Å²) in [5, 5.41) is 8.93. The first-order valence-corrected chi connectivity index (χ1v) is 13.2. The molecular formula is C23H24AsAtF3N5O. The maximum atomic E-state index is 14.6. The number of hydrogen-bond donors (Lipinski definition) is 3. The van der Waals surface area contributed by atoms with Crippen LogP contribution in [-0.4, -0.2) is 59.1 Å². The van der Waals surface area contributed by atoms with Gasteiger partial charge in [-0.15, -0.1) is 0 Å². The van der Waals surface area contributed by atoms with Crippen LogP contribution in [0.5, 0.6) is 0 Å². The second-order valence-electron chi connectivity index (χ2n) is 8.51. The van der Waals surface area contributed by atoms with E-state index in [1.165, 1.54) is 43.3 Å². The normalized spacial score (nSPS) is 20.7. The zero-order valence-corrected chi connectivity index (χ0v) is 23.2. The van der Waals surface area contributed by atoms with E-state index in [1.807, 2.05) is 0 Å². The van der Waals surface area contributed by atoms with Crippen molar-refractivity contribution >= 4 is 38.5 Å². The Morgan fingerprint density at radius 1 is 1.26 bits per heavy atom. The minimum atomic E-state index is -1.05. The molecule has 11 heteroatoms. The van der Waals surface area contributed by atoms with Crippen LogP contribution in [0.1, 0.15) is 40.7 Å². The molecule has 0 bridgehead atoms. The minimum absolute atomic E-state index is 0.0173. The Kier molecular flexibility index (Phi) is 8.21. The van der Waals surface area contributed by atoms with Gasteiger partial charge in [0.15, 0.2) is 0 Å². The Labute approximate surface area is 220 Å². The Morgan fingerprint density at radius 2 is 2.03 bits per heavy atom. The van der Waals surface area contributed by atoms with E-state index < -0.39 is 23.8 Å². The number of aryl methyl sites for hydroxylation is 1. The fraction of sp³-hybridized carbons (Fsp3) is 0.391. The molecule has 2 aromatic rings. The molecule has 2 fully saturated rings. The Morgan fingerprint density at radius 3 is 2.74 bits per heavy atom. The van der Waals surface area contributed by atoms with Crippen LogP contribution in [0.3, 0.4) is 0 Å². The summed E-state index contributed by atoms with van der Waals surface area (Å²) in [4.78, 5) is 16.3. The van der Waals surface area contributed by atoms with E-state index in [-0.39, 0.29) is 29.8 Å². The van der Waals surface area contributed by atoms with Gasteiger partial charge < -0.3 is 0 Å². The SMILES string of the molecule is Cc1cc(F)c(C(=O)NC2CC2)cc1N([At])/C=C(\[As])c1cc(N[C@H]2CCNCC2F)cnc1F. The van der Waals surface area contributed by atoms with Gasteiger partial charge >= 0.3 is 222 Å². The first kappa shape index (κ1) is 25.5. The number of aromatic nitrogens is 1. The standard InChI is InChI=1S/C23H24AsAtF3N5O/c1-12-6-18(26)16(23(34)32-13-2-3-13)8-21(12)33(25)11-17(24)15-7-14(9-30-22(15)28)31-20-4-5-29-10-19(20)27/h6-9,11,13,19-20,29,31H,2-5,10H2,1H3,(H,32,34)/b17-11-/t19?,20-/m0/s1. The summed E-state index contributed by atoms with van der Waals surface area (Å²) in [6, 6.07) is 4.20. The number of pyridine rings is 1. The predicted octanol–water partition coefficient (Wildman–Crippen LogP) is 3.11. The van der Waals surface area contributed by atoms with Crippen molar-refractivity contribution in [3.8, 4) is 0 Å². The zero-order chi connectivity index (χ0) is 24.4. The van der Waals surface area contributed by atoms with E-state index in [0.29, 0.717) is 34.3 Å². The van der Waals surface area contributed by atoms with Crippen LogP contribution < -0.4 is 18.8 Å². The van der Waals surface area contributed by atoms with Crippen LogP contribution in [0.2, 0.25) is 0 Å². The average molecular weight is 728 g/mol. The van der Waals surface area contributed by atoms with Gasteiger partial charge in [-0.25, -0.2) is 0 Å². The van der Waals surface area contributed by atoms with Crippen molar-refractivity contribution in [1.82, 2.24) is 15.6 Å². The van der Waals surface area contributed by atoms with Crippen LogP contribution in [0.4, 0.5) is 24.5 Å². The van der Waals surface area contributed by atoms with E-state index in [4.69, 9.17) is 0 Å². The number of anilines is 2. The third-order valence-corrected chi connectivity index (χ3v) is 7.62. The predicted molar refractivity (Wildman–Crippen MR) is 122 cm³/mol. The quantitative estimate of drug-likeness (QED) is 0.303. The van der Waals surface area contributed by atoms with Crippen LogP contribution in [0, 0.1) is 43.7 Å². The number of carbonyl (C=O) groups is 1. The van der Waals surface area contributed by atoms with Crippen LogP contribution in [-0.2, 0) is 0 Å². The number of rotatable bonds is 7. The van der Waals surface area contributed by atoms with E-state index in [9.17, 15) is 18.0 Å². The van der Waals surface area contributed by atoms with Crippen molar-refractivity contribution in [3.05, 3.63) is 59.1 Å². The molecule has 34 heavy (non-hydrogen) atoms. The number of halogens is 3. The molecule has 1 aromatic carbocycles. The Bertz CT molecular complexity index is 1110. The zero-order valence-electron chi connectivity index (χ0n) is 18.4. The van der Waals surface area contributed by atoms with Crippen molar-refractivity contribution in [3.63, 3.8) is 0 Å². The van der Waals surface area contributed by atoms with Gasteiger partial charge in [0.05, 0.1) is 0 Å². The molecule has 2 heterocycles. The number of amides is 1. The molecule has 2 aliphatic rings. The Hall–Kier alpha value is -1.63. The van der Waals surface area contributed by atoms with Gasteiger partial charge in [-0.05, 0) is 0 Å². The van der Waals surface area contributed by atoms with Gasteiger partial charge in [-0.1, -0.05) is 0 Å². The first-order chi connectivity index (χ1) is 16.2. The van der Waals surface area contributed by atoms with Gasteiger partial charge in [0.25, 0.3) is 0 Å². The number of carbonyl (C=O) groups excluding carboxylic acids is 1. The van der Waals surface area contributed by atoms with E-state index in [0.717, 1.165) is 12.8 Å². The van der Waals surface area contributed by atoms with E-state index >= 15 is 0 Å². The third kappa shape index (κ3) is 6.13. The molecule has 1 saturated carbocycles. The number of piperidine rings is 1. The van der Waals surface area contributed by atoms with Crippen molar-refractivity contribution in [1.29, 1.82) is 0 Å². The molecule has 1 saturated heterocycles. The molecule has 1 aromatic heterocycles. The number of alkyl halides is 1. The molecule has 3 N–H and O–H groups in total. The topological polar surface area (TPSA) is 69.3 Å². The fourth-order valence-corrected chi connectivity index (χ4v) is 6.03. The van der Waals surface area contributed by atoms with Crippen molar-refractivity contribution in [2.75, 3.05) is 21.2 Å². The molecule has 2 atom stereocenters. The molecular weight excluding hydrogens is 704 g/mol. The monoisotopic (exact) mass is 728 g/mol. The van der Waals surface area contributed by atoms with Gasteiger partial charge in [0, 0.05) is 0 Å². The van der Waals surface area contributed by atoms with E-state index in [2.05, 4.69) is 37.8 Å². The summed E-state index contributed by atoms with van der Waals surface area (Å²) in [5.74, 6) is -1.66. The van der Waals surface area contributed by atoms with Crippen molar-refractivity contribution in [2.24, 2.45) is 0 Å². The third-order valence-electron chi connectivity index (χ3n) is 5.78. The van der Waals surface area contributed by atoms with Gasteiger partial charge in [0.1, 0.15) is 0 Å².